The van der Waals surface area contributed by atoms with Crippen LogP contribution < -0.4 is 49.2 Å². The number of carbonyl (C=O) groups excluding carboxylic acids is 6. The third-order valence-electron chi connectivity index (χ3n) is 10.5. The van der Waals surface area contributed by atoms with Crippen molar-refractivity contribution in [2.45, 2.75) is 107 Å². The van der Waals surface area contributed by atoms with E-state index in [0.717, 1.165) is 0 Å². The second-order valence-corrected chi connectivity index (χ2v) is 14.8. The second kappa shape index (κ2) is 22.2. The predicted molar refractivity (Wildman–Crippen MR) is 217 cm³/mol. The first-order valence-electron chi connectivity index (χ1n) is 20.0. The van der Waals surface area contributed by atoms with Gasteiger partial charge in [-0.3, -0.25) is 33.8 Å². The van der Waals surface area contributed by atoms with E-state index in [2.05, 4.69) is 20.9 Å². The van der Waals surface area contributed by atoms with Crippen molar-refractivity contribution < 1.29 is 47.8 Å². The molecule has 1 aromatic heterocycles. The number of nitrogens with zero attached hydrogens (tertiary/aromatic N) is 3. The SMILES string of the molecule is COc1ccc2c(CC(=O)N[C@@H](CCCN=C(N)N)C(=O)N3CCC[C@H]3C(=O)N[C@@H](CCCCN)C(=O)N3CCC[C@H]3C(=O)N[C@@H](CCC(N)=O)C(=O)O)cc(=O)oc2c1. The van der Waals surface area contributed by atoms with E-state index in [1.165, 1.54) is 29.0 Å². The fraction of sp³-hybridized carbons (Fsp3) is 0.564. The number of rotatable bonds is 22. The van der Waals surface area contributed by atoms with Crippen LogP contribution in [0.4, 0.5) is 0 Å². The number of methoxy groups -OCH3 is 1. The summed E-state index contributed by atoms with van der Waals surface area (Å²) in [5, 5.41) is 18.1. The highest BCUT2D eigenvalue weighted by molar-refractivity contribution is 5.97. The van der Waals surface area contributed by atoms with Crippen molar-refractivity contribution >= 4 is 58.3 Å². The lowest BCUT2D eigenvalue weighted by atomic mass is 10.0. The maximum absolute atomic E-state index is 14.3. The molecule has 12 N–H and O–H groups in total. The Morgan fingerprint density at radius 1 is 0.850 bits per heavy atom. The number of benzene rings is 1. The Balaban J connectivity index is 1.51. The zero-order valence-corrected chi connectivity index (χ0v) is 33.7. The van der Waals surface area contributed by atoms with E-state index in [1.807, 2.05) is 0 Å². The summed E-state index contributed by atoms with van der Waals surface area (Å²) in [6.07, 6.45) is 2.18. The molecule has 1 aromatic carbocycles. The average Bonchev–Trinajstić information content (AvgIpc) is 3.90. The summed E-state index contributed by atoms with van der Waals surface area (Å²) in [4.78, 5) is 111. The third-order valence-corrected chi connectivity index (χ3v) is 10.5. The van der Waals surface area contributed by atoms with Crippen LogP contribution in [0.1, 0.15) is 76.2 Å². The molecule has 0 bridgehead atoms. The molecule has 5 atom stereocenters. The van der Waals surface area contributed by atoms with Crippen LogP contribution in [0.5, 0.6) is 5.75 Å². The first kappa shape index (κ1) is 46.4. The van der Waals surface area contributed by atoms with Gasteiger partial charge in [-0.25, -0.2) is 9.59 Å². The summed E-state index contributed by atoms with van der Waals surface area (Å²) in [5.41, 5.74) is 21.7. The number of carboxylic acid groups (broad SMARTS) is 1. The number of amides is 6. The summed E-state index contributed by atoms with van der Waals surface area (Å²) in [7, 11) is 1.46. The minimum absolute atomic E-state index is 0.102. The Labute approximate surface area is 345 Å². The van der Waals surface area contributed by atoms with Crippen LogP contribution in [-0.4, -0.2) is 126 Å². The van der Waals surface area contributed by atoms with Gasteiger partial charge in [0.15, 0.2) is 5.96 Å². The van der Waals surface area contributed by atoms with Crippen LogP contribution in [-0.2, 0) is 40.0 Å². The van der Waals surface area contributed by atoms with Crippen LogP contribution in [0.2, 0.25) is 0 Å². The van der Waals surface area contributed by atoms with E-state index in [9.17, 15) is 43.5 Å². The number of nitrogens with one attached hydrogen (secondary N) is 3. The lowest BCUT2D eigenvalue weighted by Crippen LogP contribution is -2.58. The van der Waals surface area contributed by atoms with E-state index in [4.69, 9.17) is 32.1 Å². The van der Waals surface area contributed by atoms with Crippen LogP contribution in [0.15, 0.2) is 38.5 Å². The zero-order chi connectivity index (χ0) is 43.9. The summed E-state index contributed by atoms with van der Waals surface area (Å²) < 4.78 is 10.5. The van der Waals surface area contributed by atoms with Crippen LogP contribution in [0.3, 0.4) is 0 Å². The Hall–Kier alpha value is -6.25. The number of aliphatic carboxylic acids is 1. The van der Waals surface area contributed by atoms with Crippen molar-refractivity contribution in [3.8, 4) is 5.75 Å². The number of primary amides is 1. The molecule has 0 unspecified atom stereocenters. The van der Waals surface area contributed by atoms with Crippen LogP contribution >= 0.6 is 0 Å². The van der Waals surface area contributed by atoms with Crippen molar-refractivity contribution in [2.24, 2.45) is 27.9 Å². The van der Waals surface area contributed by atoms with Crippen molar-refractivity contribution in [3.05, 3.63) is 40.2 Å². The van der Waals surface area contributed by atoms with E-state index in [1.54, 1.807) is 12.1 Å². The highest BCUT2D eigenvalue weighted by Crippen LogP contribution is 2.25. The van der Waals surface area contributed by atoms with Gasteiger partial charge in [0.25, 0.3) is 0 Å². The van der Waals surface area contributed by atoms with Gasteiger partial charge in [-0.1, -0.05) is 0 Å². The third kappa shape index (κ3) is 12.9. The second-order valence-electron chi connectivity index (χ2n) is 14.8. The lowest BCUT2D eigenvalue weighted by molar-refractivity contribution is -0.146. The minimum atomic E-state index is -1.40. The molecule has 3 heterocycles. The number of ether oxygens (including phenoxy) is 1. The maximum atomic E-state index is 14.3. The quantitative estimate of drug-likeness (QED) is 0.0284. The smallest absolute Gasteiger partial charge is 0.336 e. The number of carboxylic acids is 1. The van der Waals surface area contributed by atoms with Gasteiger partial charge in [0.05, 0.1) is 13.5 Å². The van der Waals surface area contributed by atoms with Gasteiger partial charge in [-0.15, -0.1) is 0 Å². The van der Waals surface area contributed by atoms with E-state index in [0.29, 0.717) is 48.9 Å². The number of hydrogen-bond donors (Lipinski definition) is 8. The molecule has 2 aliphatic heterocycles. The summed E-state index contributed by atoms with van der Waals surface area (Å²) in [6, 6.07) is 0.381. The van der Waals surface area contributed by atoms with Crippen molar-refractivity contribution in [2.75, 3.05) is 33.3 Å². The molecule has 6 amide bonds. The monoisotopic (exact) mass is 840 g/mol. The topological polar surface area (TPSA) is 338 Å². The average molecular weight is 841 g/mol. The fourth-order valence-electron chi connectivity index (χ4n) is 7.50. The largest absolute Gasteiger partial charge is 0.497 e. The zero-order valence-electron chi connectivity index (χ0n) is 33.7. The number of guanidine groups is 1. The van der Waals surface area contributed by atoms with Gasteiger partial charge in [-0.2, -0.15) is 0 Å². The first-order chi connectivity index (χ1) is 28.6. The molecule has 0 saturated carbocycles. The number of fused-ring (bicyclic) bond motifs is 1. The van der Waals surface area contributed by atoms with Crippen LogP contribution in [0.25, 0.3) is 11.0 Å². The molecule has 21 nitrogen and oxygen atoms in total. The summed E-state index contributed by atoms with van der Waals surface area (Å²) in [6.45, 7) is 0.843. The Morgan fingerprint density at radius 2 is 1.45 bits per heavy atom. The molecule has 21 heteroatoms. The molecule has 2 aliphatic rings. The molecule has 0 spiro atoms. The van der Waals surface area contributed by atoms with Gasteiger partial charge in [-0.05, 0) is 88.4 Å². The predicted octanol–water partition coefficient (Wildman–Crippen LogP) is -1.69. The lowest BCUT2D eigenvalue weighted by Gasteiger charge is -2.32. The fourth-order valence-corrected chi connectivity index (χ4v) is 7.50. The van der Waals surface area contributed by atoms with Crippen LogP contribution in [0, 0.1) is 0 Å². The van der Waals surface area contributed by atoms with Gasteiger partial charge >= 0.3 is 11.6 Å². The normalized spacial score (nSPS) is 17.6. The first-order valence-corrected chi connectivity index (χ1v) is 20.0. The molecular weight excluding hydrogens is 784 g/mol. The van der Waals surface area contributed by atoms with Crippen molar-refractivity contribution in [1.29, 1.82) is 0 Å². The number of nitrogens with two attached hydrogens (primary N) is 4. The Bertz CT molecular complexity index is 1980. The molecule has 2 aromatic rings. The number of unbranched alkanes of at least 4 members (excludes halogenated alkanes) is 1. The molecule has 0 radical (unpaired) electrons. The minimum Gasteiger partial charge on any atom is -0.497 e. The summed E-state index contributed by atoms with van der Waals surface area (Å²) in [5.74, 6) is -4.78. The number of aliphatic imine (C=N–C) groups is 1. The standard InChI is InChI=1S/C39H56N10O11/c1-59-23-11-12-24-22(20-33(52)60-30(24)21-23)19-32(51)45-25(8-4-16-44-39(42)43)36(55)48-17-5-9-28(48)34(53)46-26(7-2-3-15-40)37(56)49-18-6-10-29(49)35(54)47-27(38(57)58)13-14-31(41)50/h11-12,20-21,25-29H,2-10,13-19,40H2,1H3,(H2,41,50)(H,45,51)(H,46,53)(H,47,54)(H,57,58)(H4,42,43,44)/t25-,26-,27-,28-,29-/m0/s1. The van der Waals surface area contributed by atoms with Gasteiger partial charge in [0, 0.05) is 43.6 Å². The number of hydrogen-bond acceptors (Lipinski definition) is 12. The molecule has 2 saturated heterocycles. The van der Waals surface area contributed by atoms with Crippen molar-refractivity contribution in [1.82, 2.24) is 25.8 Å². The Kier molecular flexibility index (Phi) is 17.2. The summed E-state index contributed by atoms with van der Waals surface area (Å²) >= 11 is 0. The highest BCUT2D eigenvalue weighted by Gasteiger charge is 2.42. The van der Waals surface area contributed by atoms with Gasteiger partial charge in [0.1, 0.15) is 41.5 Å². The maximum Gasteiger partial charge on any atom is 0.336 e. The van der Waals surface area contributed by atoms with Crippen molar-refractivity contribution in [3.63, 3.8) is 0 Å². The molecular formula is C39H56N10O11. The van der Waals surface area contributed by atoms with E-state index < -0.39 is 77.2 Å². The molecule has 328 valence electrons. The molecule has 4 rings (SSSR count). The Morgan fingerprint density at radius 3 is 2.02 bits per heavy atom. The molecule has 0 aliphatic carbocycles. The number of likely N-dealkylation sites (tertiary alicyclic amines) is 2. The highest BCUT2D eigenvalue weighted by atomic mass is 16.5. The van der Waals surface area contributed by atoms with Gasteiger partial charge in [0.2, 0.25) is 35.4 Å². The molecule has 2 fully saturated rings. The van der Waals surface area contributed by atoms with E-state index in [-0.39, 0.29) is 82.5 Å². The molecule has 60 heavy (non-hydrogen) atoms. The number of carbonyl (C=O) groups is 7. The van der Waals surface area contributed by atoms with Gasteiger partial charge < -0.3 is 62.9 Å². The van der Waals surface area contributed by atoms with E-state index >= 15 is 0 Å².